The molecule has 0 spiro atoms. The number of hydrogen-bond acceptors (Lipinski definition) is 3. The van der Waals surface area contributed by atoms with Crippen LogP contribution in [0.4, 0.5) is 0 Å². The van der Waals surface area contributed by atoms with Crippen LogP contribution in [-0.2, 0) is 6.54 Å². The molecular weight excluding hydrogens is 297 g/mol. The van der Waals surface area contributed by atoms with E-state index in [1.165, 1.54) is 0 Å². The van der Waals surface area contributed by atoms with Crippen molar-refractivity contribution in [2.45, 2.75) is 25.9 Å². The molecule has 0 aliphatic heterocycles. The molecule has 0 aliphatic carbocycles. The zero-order valence-corrected chi connectivity index (χ0v) is 13.2. The highest BCUT2D eigenvalue weighted by Gasteiger charge is 2.14. The first kappa shape index (κ1) is 15.3. The third-order valence-electron chi connectivity index (χ3n) is 3.49. The van der Waals surface area contributed by atoms with Gasteiger partial charge in [-0.1, -0.05) is 30.1 Å². The lowest BCUT2D eigenvalue weighted by atomic mass is 10.2. The Morgan fingerprint density at radius 1 is 1.30 bits per heavy atom. The Kier molecular flexibility index (Phi) is 4.68. The summed E-state index contributed by atoms with van der Waals surface area (Å²) in [6.45, 7) is 2.67. The van der Waals surface area contributed by atoms with Gasteiger partial charge in [0.15, 0.2) is 0 Å². The predicted octanol–water partition coefficient (Wildman–Crippen LogP) is 3.04. The lowest BCUT2D eigenvalue weighted by molar-refractivity contribution is 0.255. The molecule has 4 nitrogen and oxygen atoms in total. The zero-order chi connectivity index (χ0) is 14.9. The van der Waals surface area contributed by atoms with Crippen molar-refractivity contribution in [1.82, 2.24) is 14.5 Å². The first-order valence-electron chi connectivity index (χ1n) is 6.45. The SMILES string of the molecule is CC[C@H](Cn1cnc2c(Cl)ccc(Cl)c2c1=O)N(C)C. The minimum Gasteiger partial charge on any atom is -0.305 e. The van der Waals surface area contributed by atoms with Gasteiger partial charge in [0.2, 0.25) is 0 Å². The molecule has 20 heavy (non-hydrogen) atoms. The Hall–Kier alpha value is -1.10. The molecule has 1 aromatic carbocycles. The van der Waals surface area contributed by atoms with E-state index in [1.807, 2.05) is 14.1 Å². The van der Waals surface area contributed by atoms with Crippen molar-refractivity contribution in [3.05, 3.63) is 38.9 Å². The van der Waals surface area contributed by atoms with Crippen LogP contribution in [0.25, 0.3) is 10.9 Å². The fourth-order valence-electron chi connectivity index (χ4n) is 2.21. The van der Waals surface area contributed by atoms with Gasteiger partial charge in [-0.3, -0.25) is 9.36 Å². The number of likely N-dealkylation sites (N-methyl/N-ethyl adjacent to an activating group) is 1. The van der Waals surface area contributed by atoms with Gasteiger partial charge in [-0.15, -0.1) is 0 Å². The van der Waals surface area contributed by atoms with Crippen LogP contribution in [-0.4, -0.2) is 34.6 Å². The third kappa shape index (κ3) is 2.82. The molecule has 0 amide bonds. The van der Waals surface area contributed by atoms with Crippen LogP contribution in [0.15, 0.2) is 23.3 Å². The van der Waals surface area contributed by atoms with E-state index in [9.17, 15) is 4.79 Å². The maximum absolute atomic E-state index is 12.5. The van der Waals surface area contributed by atoms with E-state index in [0.29, 0.717) is 27.5 Å². The number of rotatable bonds is 4. The van der Waals surface area contributed by atoms with E-state index < -0.39 is 0 Å². The Morgan fingerprint density at radius 2 is 1.95 bits per heavy atom. The van der Waals surface area contributed by atoms with Crippen LogP contribution >= 0.6 is 23.2 Å². The maximum Gasteiger partial charge on any atom is 0.262 e. The van der Waals surface area contributed by atoms with Crippen LogP contribution in [0.3, 0.4) is 0 Å². The molecule has 6 heteroatoms. The van der Waals surface area contributed by atoms with Gasteiger partial charge in [0.25, 0.3) is 5.56 Å². The molecule has 2 rings (SSSR count). The quantitative estimate of drug-likeness (QED) is 0.870. The minimum absolute atomic E-state index is 0.150. The summed E-state index contributed by atoms with van der Waals surface area (Å²) < 4.78 is 1.60. The molecule has 0 bridgehead atoms. The van der Waals surface area contributed by atoms with E-state index in [2.05, 4.69) is 16.8 Å². The van der Waals surface area contributed by atoms with E-state index in [4.69, 9.17) is 23.2 Å². The van der Waals surface area contributed by atoms with Crippen molar-refractivity contribution in [1.29, 1.82) is 0 Å². The van der Waals surface area contributed by atoms with Crippen LogP contribution in [0.1, 0.15) is 13.3 Å². The fourth-order valence-corrected chi connectivity index (χ4v) is 2.65. The van der Waals surface area contributed by atoms with Gasteiger partial charge in [-0.25, -0.2) is 4.98 Å². The second-order valence-corrected chi connectivity index (χ2v) is 5.79. The zero-order valence-electron chi connectivity index (χ0n) is 11.7. The van der Waals surface area contributed by atoms with Crippen molar-refractivity contribution in [2.24, 2.45) is 0 Å². The molecule has 2 aromatic rings. The monoisotopic (exact) mass is 313 g/mol. The minimum atomic E-state index is -0.150. The Morgan fingerprint density at radius 3 is 2.55 bits per heavy atom. The van der Waals surface area contributed by atoms with Gasteiger partial charge in [0.05, 0.1) is 27.3 Å². The topological polar surface area (TPSA) is 38.1 Å². The number of nitrogens with zero attached hydrogens (tertiary/aromatic N) is 3. The highest BCUT2D eigenvalue weighted by molar-refractivity contribution is 6.39. The molecule has 108 valence electrons. The third-order valence-corrected chi connectivity index (χ3v) is 4.11. The average molecular weight is 314 g/mol. The van der Waals surface area contributed by atoms with Crippen LogP contribution < -0.4 is 5.56 Å². The standard InChI is InChI=1S/C14H17Cl2N3O/c1-4-9(18(2)3)7-19-8-17-13-11(16)6-5-10(15)12(13)14(19)20/h5-6,8-9H,4,7H2,1-3H3/t9-/m1/s1. The largest absolute Gasteiger partial charge is 0.305 e. The van der Waals surface area contributed by atoms with Gasteiger partial charge >= 0.3 is 0 Å². The number of aromatic nitrogens is 2. The molecule has 1 atom stereocenters. The molecule has 0 fully saturated rings. The number of halogens is 2. The molecule has 0 unspecified atom stereocenters. The average Bonchev–Trinajstić information content (AvgIpc) is 2.41. The highest BCUT2D eigenvalue weighted by Crippen LogP contribution is 2.25. The highest BCUT2D eigenvalue weighted by atomic mass is 35.5. The Balaban J connectivity index is 2.55. The summed E-state index contributed by atoms with van der Waals surface area (Å²) >= 11 is 12.2. The summed E-state index contributed by atoms with van der Waals surface area (Å²) in [4.78, 5) is 18.9. The molecule has 0 saturated heterocycles. The number of hydrogen-bond donors (Lipinski definition) is 0. The number of benzene rings is 1. The second kappa shape index (κ2) is 6.12. The summed E-state index contributed by atoms with van der Waals surface area (Å²) in [5.74, 6) is 0. The first-order valence-corrected chi connectivity index (χ1v) is 7.20. The van der Waals surface area contributed by atoms with Crippen molar-refractivity contribution >= 4 is 34.1 Å². The van der Waals surface area contributed by atoms with E-state index in [-0.39, 0.29) is 11.6 Å². The molecule has 1 aromatic heterocycles. The van der Waals surface area contributed by atoms with Gasteiger partial charge < -0.3 is 4.90 Å². The molecule has 0 radical (unpaired) electrons. The van der Waals surface area contributed by atoms with Crippen molar-refractivity contribution in [3.63, 3.8) is 0 Å². The van der Waals surface area contributed by atoms with Crippen molar-refractivity contribution in [2.75, 3.05) is 14.1 Å². The summed E-state index contributed by atoms with van der Waals surface area (Å²) in [5, 5.41) is 1.21. The lowest BCUT2D eigenvalue weighted by Crippen LogP contribution is -2.35. The van der Waals surface area contributed by atoms with Gasteiger partial charge in [0, 0.05) is 12.6 Å². The summed E-state index contributed by atoms with van der Waals surface area (Å²) in [7, 11) is 4.00. The summed E-state index contributed by atoms with van der Waals surface area (Å²) in [6, 6.07) is 3.55. The second-order valence-electron chi connectivity index (χ2n) is 4.98. The summed E-state index contributed by atoms with van der Waals surface area (Å²) in [5.41, 5.74) is 0.307. The molecular formula is C14H17Cl2N3O. The molecule has 0 saturated carbocycles. The maximum atomic E-state index is 12.5. The molecule has 0 aliphatic rings. The predicted molar refractivity (Wildman–Crippen MR) is 83.8 cm³/mol. The Labute approximate surface area is 127 Å². The molecule has 1 heterocycles. The first-order chi connectivity index (χ1) is 9.45. The number of fused-ring (bicyclic) bond motifs is 1. The lowest BCUT2D eigenvalue weighted by Gasteiger charge is -2.23. The van der Waals surface area contributed by atoms with Crippen molar-refractivity contribution < 1.29 is 0 Å². The van der Waals surface area contributed by atoms with Gasteiger partial charge in [0.1, 0.15) is 0 Å². The van der Waals surface area contributed by atoms with E-state index >= 15 is 0 Å². The van der Waals surface area contributed by atoms with Crippen LogP contribution in [0, 0.1) is 0 Å². The van der Waals surface area contributed by atoms with Crippen LogP contribution in [0.5, 0.6) is 0 Å². The van der Waals surface area contributed by atoms with E-state index in [0.717, 1.165) is 6.42 Å². The fraction of sp³-hybridized carbons (Fsp3) is 0.429. The summed E-state index contributed by atoms with van der Waals surface area (Å²) in [6.07, 6.45) is 2.49. The Bertz CT molecular complexity index is 682. The van der Waals surface area contributed by atoms with Crippen LogP contribution in [0.2, 0.25) is 10.0 Å². The van der Waals surface area contributed by atoms with Crippen molar-refractivity contribution in [3.8, 4) is 0 Å². The molecule has 0 N–H and O–H groups in total. The van der Waals surface area contributed by atoms with Gasteiger partial charge in [-0.2, -0.15) is 0 Å². The van der Waals surface area contributed by atoms with E-state index in [1.54, 1.807) is 23.0 Å². The normalized spacial score (nSPS) is 13.1. The van der Waals surface area contributed by atoms with Gasteiger partial charge in [-0.05, 0) is 32.6 Å². The smallest absolute Gasteiger partial charge is 0.262 e.